The molecule has 0 unspecified atom stereocenters. The maximum atomic E-state index is 3.61. The van der Waals surface area contributed by atoms with Gasteiger partial charge in [-0.1, -0.05) is 44.3 Å². The van der Waals surface area contributed by atoms with Crippen molar-refractivity contribution >= 4 is 0 Å². The lowest BCUT2D eigenvalue weighted by Crippen LogP contribution is -2.37. The van der Waals surface area contributed by atoms with Crippen LogP contribution in [0.5, 0.6) is 0 Å². The zero-order valence-electron chi connectivity index (χ0n) is 12.3. The van der Waals surface area contributed by atoms with E-state index in [0.29, 0.717) is 0 Å². The molecule has 1 aliphatic carbocycles. The molecule has 0 amide bonds. The highest BCUT2D eigenvalue weighted by Crippen LogP contribution is 2.25. The van der Waals surface area contributed by atoms with Gasteiger partial charge in [-0.05, 0) is 46.0 Å². The Morgan fingerprint density at radius 1 is 1.12 bits per heavy atom. The van der Waals surface area contributed by atoms with Crippen LogP contribution in [0.25, 0.3) is 0 Å². The quantitative estimate of drug-likeness (QED) is 0.553. The van der Waals surface area contributed by atoms with Crippen LogP contribution < -0.4 is 5.32 Å². The summed E-state index contributed by atoms with van der Waals surface area (Å²) in [6.07, 6.45) is 12.4. The molecule has 17 heavy (non-hydrogen) atoms. The second kappa shape index (κ2) is 7.20. The van der Waals surface area contributed by atoms with Crippen LogP contribution in [0.1, 0.15) is 72.6 Å². The molecule has 0 radical (unpaired) electrons. The summed E-state index contributed by atoms with van der Waals surface area (Å²) in [5, 5.41) is 3.61. The van der Waals surface area contributed by atoms with Crippen molar-refractivity contribution in [3.63, 3.8) is 0 Å². The van der Waals surface area contributed by atoms with E-state index in [9.17, 15) is 0 Å². The summed E-state index contributed by atoms with van der Waals surface area (Å²) in [6.45, 7) is 10.1. The molecule has 1 heteroatoms. The molecule has 0 heterocycles. The summed E-state index contributed by atoms with van der Waals surface area (Å²) in [6, 6.07) is 0. The lowest BCUT2D eigenvalue weighted by atomic mass is 9.96. The molecule has 1 N–H and O–H groups in total. The molecule has 0 aliphatic heterocycles. The van der Waals surface area contributed by atoms with Gasteiger partial charge in [-0.3, -0.25) is 0 Å². The summed E-state index contributed by atoms with van der Waals surface area (Å²) in [5.74, 6) is 0.856. The van der Waals surface area contributed by atoms with Gasteiger partial charge >= 0.3 is 0 Å². The molecule has 0 aromatic carbocycles. The molecule has 0 saturated heterocycles. The van der Waals surface area contributed by atoms with Crippen molar-refractivity contribution in [2.75, 3.05) is 6.54 Å². The van der Waals surface area contributed by atoms with Gasteiger partial charge in [0.25, 0.3) is 0 Å². The van der Waals surface area contributed by atoms with Crippen molar-refractivity contribution in [1.29, 1.82) is 0 Å². The van der Waals surface area contributed by atoms with Crippen LogP contribution in [0, 0.1) is 5.92 Å². The molecule has 0 aromatic heterocycles. The van der Waals surface area contributed by atoms with E-state index in [2.05, 4.69) is 39.1 Å². The Morgan fingerprint density at radius 3 is 2.18 bits per heavy atom. The van der Waals surface area contributed by atoms with Gasteiger partial charge in [-0.25, -0.2) is 0 Å². The van der Waals surface area contributed by atoms with Crippen LogP contribution in [0.2, 0.25) is 0 Å². The maximum Gasteiger partial charge on any atom is 0.0169 e. The Balaban J connectivity index is 2.46. The summed E-state index contributed by atoms with van der Waals surface area (Å²) < 4.78 is 0. The van der Waals surface area contributed by atoms with Crippen molar-refractivity contribution < 1.29 is 0 Å². The standard InChI is InChI=1S/C16H31N/c1-5-14(13-17-16(2,3)4)12-15-10-8-6-7-9-11-15/h12,15,17H,5-11,13H2,1-4H3. The first-order chi connectivity index (χ1) is 8.01. The molecule has 1 rings (SSSR count). The van der Waals surface area contributed by atoms with Crippen molar-refractivity contribution in [2.24, 2.45) is 5.92 Å². The Morgan fingerprint density at radius 2 is 1.71 bits per heavy atom. The average molecular weight is 237 g/mol. The zero-order valence-corrected chi connectivity index (χ0v) is 12.3. The third kappa shape index (κ3) is 6.88. The summed E-state index contributed by atoms with van der Waals surface area (Å²) in [5.41, 5.74) is 1.84. The summed E-state index contributed by atoms with van der Waals surface area (Å²) >= 11 is 0. The fourth-order valence-electron chi connectivity index (χ4n) is 2.49. The monoisotopic (exact) mass is 237 g/mol. The van der Waals surface area contributed by atoms with Gasteiger partial charge in [0.05, 0.1) is 0 Å². The highest BCUT2D eigenvalue weighted by atomic mass is 14.9. The van der Waals surface area contributed by atoms with Crippen LogP contribution in [0.15, 0.2) is 11.6 Å². The molecular weight excluding hydrogens is 206 g/mol. The van der Waals surface area contributed by atoms with Crippen molar-refractivity contribution in [3.8, 4) is 0 Å². The number of nitrogens with one attached hydrogen (secondary N) is 1. The Kier molecular flexibility index (Phi) is 6.26. The second-order valence-electron chi connectivity index (χ2n) is 6.53. The van der Waals surface area contributed by atoms with Crippen molar-refractivity contribution in [3.05, 3.63) is 11.6 Å². The smallest absolute Gasteiger partial charge is 0.0169 e. The van der Waals surface area contributed by atoms with E-state index in [1.165, 1.54) is 44.9 Å². The predicted octanol–water partition coefficient (Wildman–Crippen LogP) is 4.68. The number of rotatable bonds is 4. The minimum absolute atomic E-state index is 0.234. The van der Waals surface area contributed by atoms with E-state index >= 15 is 0 Å². The molecule has 0 aromatic rings. The van der Waals surface area contributed by atoms with Gasteiger partial charge in [0.15, 0.2) is 0 Å². The SMILES string of the molecule is CCC(=CC1CCCCCC1)CNC(C)(C)C. The number of hydrogen-bond donors (Lipinski definition) is 1. The van der Waals surface area contributed by atoms with Crippen LogP contribution >= 0.6 is 0 Å². The topological polar surface area (TPSA) is 12.0 Å². The van der Waals surface area contributed by atoms with Crippen molar-refractivity contribution in [2.45, 2.75) is 78.2 Å². The summed E-state index contributed by atoms with van der Waals surface area (Å²) in [7, 11) is 0. The van der Waals surface area contributed by atoms with Gasteiger partial charge in [0.2, 0.25) is 0 Å². The van der Waals surface area contributed by atoms with Crippen LogP contribution in [-0.2, 0) is 0 Å². The average Bonchev–Trinajstić information content (AvgIpc) is 2.51. The van der Waals surface area contributed by atoms with E-state index < -0.39 is 0 Å². The Labute approximate surface area is 108 Å². The van der Waals surface area contributed by atoms with Crippen LogP contribution in [-0.4, -0.2) is 12.1 Å². The number of hydrogen-bond acceptors (Lipinski definition) is 1. The Bertz CT molecular complexity index is 226. The molecule has 1 nitrogen and oxygen atoms in total. The highest BCUT2D eigenvalue weighted by Gasteiger charge is 2.12. The third-order valence-electron chi connectivity index (χ3n) is 3.67. The third-order valence-corrected chi connectivity index (χ3v) is 3.67. The van der Waals surface area contributed by atoms with Crippen LogP contribution in [0.4, 0.5) is 0 Å². The number of allylic oxidation sites excluding steroid dienone is 1. The molecule has 1 aliphatic rings. The molecule has 1 saturated carbocycles. The fraction of sp³-hybridized carbons (Fsp3) is 0.875. The van der Waals surface area contributed by atoms with Gasteiger partial charge in [0.1, 0.15) is 0 Å². The van der Waals surface area contributed by atoms with Crippen molar-refractivity contribution in [1.82, 2.24) is 5.32 Å². The summed E-state index contributed by atoms with van der Waals surface area (Å²) in [4.78, 5) is 0. The lowest BCUT2D eigenvalue weighted by Gasteiger charge is -2.22. The van der Waals surface area contributed by atoms with E-state index in [0.717, 1.165) is 12.5 Å². The Hall–Kier alpha value is -0.300. The van der Waals surface area contributed by atoms with E-state index in [1.54, 1.807) is 5.57 Å². The largest absolute Gasteiger partial charge is 0.308 e. The minimum Gasteiger partial charge on any atom is -0.308 e. The lowest BCUT2D eigenvalue weighted by molar-refractivity contribution is 0.440. The first-order valence-electron chi connectivity index (χ1n) is 7.46. The zero-order chi connectivity index (χ0) is 12.7. The first kappa shape index (κ1) is 14.8. The molecular formula is C16H31N. The van der Waals surface area contributed by atoms with Gasteiger partial charge in [-0.15, -0.1) is 0 Å². The first-order valence-corrected chi connectivity index (χ1v) is 7.46. The molecule has 1 fully saturated rings. The molecule has 100 valence electrons. The van der Waals surface area contributed by atoms with E-state index in [4.69, 9.17) is 0 Å². The fourth-order valence-corrected chi connectivity index (χ4v) is 2.49. The minimum atomic E-state index is 0.234. The molecule has 0 atom stereocenters. The second-order valence-corrected chi connectivity index (χ2v) is 6.53. The van der Waals surface area contributed by atoms with E-state index in [-0.39, 0.29) is 5.54 Å². The predicted molar refractivity (Wildman–Crippen MR) is 77.3 cm³/mol. The van der Waals surface area contributed by atoms with Gasteiger partial charge in [-0.2, -0.15) is 0 Å². The van der Waals surface area contributed by atoms with Gasteiger partial charge in [0, 0.05) is 12.1 Å². The van der Waals surface area contributed by atoms with Crippen LogP contribution in [0.3, 0.4) is 0 Å². The maximum absolute atomic E-state index is 3.61. The normalized spacial score (nSPS) is 20.4. The highest BCUT2D eigenvalue weighted by molar-refractivity contribution is 5.07. The molecule has 0 bridgehead atoms. The van der Waals surface area contributed by atoms with Gasteiger partial charge < -0.3 is 5.32 Å². The van der Waals surface area contributed by atoms with E-state index in [1.807, 2.05) is 0 Å². The molecule has 0 spiro atoms.